The van der Waals surface area contributed by atoms with Gasteiger partial charge in [-0.15, -0.1) is 0 Å². The fourth-order valence-corrected chi connectivity index (χ4v) is 4.41. The number of aromatic nitrogens is 1. The van der Waals surface area contributed by atoms with Gasteiger partial charge in [-0.05, 0) is 59.7 Å². The lowest BCUT2D eigenvalue weighted by Gasteiger charge is -2.10. The first-order valence-electron chi connectivity index (χ1n) is 11.2. The highest BCUT2D eigenvalue weighted by atomic mass is 35.5. The molecule has 4 aromatic carbocycles. The van der Waals surface area contributed by atoms with E-state index in [9.17, 15) is 4.79 Å². The van der Waals surface area contributed by atoms with Crippen molar-refractivity contribution in [3.63, 3.8) is 0 Å². The predicted molar refractivity (Wildman–Crippen MR) is 143 cm³/mol. The van der Waals surface area contributed by atoms with Gasteiger partial charge in [-0.2, -0.15) is 5.10 Å². The molecule has 174 valence electrons. The number of carbonyl (C=O) groups excluding carboxylic acids is 1. The number of para-hydroxylation sites is 1. The molecule has 0 atom stereocenters. The Morgan fingerprint density at radius 2 is 1.49 bits per heavy atom. The van der Waals surface area contributed by atoms with Crippen LogP contribution in [0.2, 0.25) is 5.02 Å². The lowest BCUT2D eigenvalue weighted by Crippen LogP contribution is -2.22. The van der Waals surface area contributed by atoms with Gasteiger partial charge in [-0.1, -0.05) is 54.1 Å². The number of hydrazone groups is 1. The highest BCUT2D eigenvalue weighted by Crippen LogP contribution is 2.30. The summed E-state index contributed by atoms with van der Waals surface area (Å²) in [6, 6.07) is 29.4. The van der Waals surface area contributed by atoms with Crippen molar-refractivity contribution in [3.05, 3.63) is 118 Å². The van der Waals surface area contributed by atoms with Crippen molar-refractivity contribution in [2.75, 3.05) is 0 Å². The van der Waals surface area contributed by atoms with Crippen LogP contribution in [0.15, 0.2) is 96.1 Å². The van der Waals surface area contributed by atoms with E-state index in [2.05, 4.69) is 27.1 Å². The maximum absolute atomic E-state index is 12.6. The molecule has 1 amide bonds. The Labute approximate surface area is 207 Å². The summed E-state index contributed by atoms with van der Waals surface area (Å²) >= 11 is 5.92. The van der Waals surface area contributed by atoms with Crippen molar-refractivity contribution < 1.29 is 4.79 Å². The number of amides is 1. The smallest absolute Gasteiger partial charge is 0.251 e. The molecule has 7 heteroatoms. The Kier molecular flexibility index (Phi) is 6.12. The SMILES string of the molecule is N/N=C(\N)c1ccc2c(c1)c1ccccc1n2Cc1ccc(C(=O)NCc2ccc(Cl)cc2)cc1. The Bertz CT molecular complexity index is 1550. The zero-order valence-electron chi connectivity index (χ0n) is 18.9. The van der Waals surface area contributed by atoms with Gasteiger partial charge in [0.1, 0.15) is 5.84 Å². The quantitative estimate of drug-likeness (QED) is 0.138. The number of amidine groups is 1. The van der Waals surface area contributed by atoms with Gasteiger partial charge in [0.2, 0.25) is 0 Å². The standard InChI is InChI=1S/C28H24ClN5O/c29-22-12-7-18(8-13-22)16-32-28(35)20-9-5-19(6-10-20)17-34-25-4-2-1-3-23(25)24-15-21(27(30)33-31)11-14-26(24)34/h1-15H,16-17,31H2,(H2,30,33)(H,32,35). The summed E-state index contributed by atoms with van der Waals surface area (Å²) in [7, 11) is 0. The number of fused-ring (bicyclic) bond motifs is 3. The Morgan fingerprint density at radius 3 is 2.23 bits per heavy atom. The largest absolute Gasteiger partial charge is 0.382 e. The predicted octanol–water partition coefficient (Wildman–Crippen LogP) is 5.01. The van der Waals surface area contributed by atoms with Gasteiger partial charge in [0.25, 0.3) is 5.91 Å². The molecule has 0 aliphatic heterocycles. The molecule has 1 heterocycles. The van der Waals surface area contributed by atoms with E-state index in [1.54, 1.807) is 0 Å². The molecule has 0 unspecified atom stereocenters. The van der Waals surface area contributed by atoms with Crippen molar-refractivity contribution in [3.8, 4) is 0 Å². The summed E-state index contributed by atoms with van der Waals surface area (Å²) in [5, 5.41) is 9.47. The van der Waals surface area contributed by atoms with E-state index in [0.717, 1.165) is 38.5 Å². The third-order valence-corrected chi connectivity index (χ3v) is 6.38. The van der Waals surface area contributed by atoms with Crippen molar-refractivity contribution in [1.82, 2.24) is 9.88 Å². The second-order valence-corrected chi connectivity index (χ2v) is 8.79. The second-order valence-electron chi connectivity index (χ2n) is 8.36. The molecule has 6 nitrogen and oxygen atoms in total. The molecule has 5 rings (SSSR count). The van der Waals surface area contributed by atoms with Gasteiger partial charge in [0.15, 0.2) is 0 Å². The number of nitrogens with two attached hydrogens (primary N) is 2. The van der Waals surface area contributed by atoms with Crippen LogP contribution in [0.1, 0.15) is 27.0 Å². The minimum absolute atomic E-state index is 0.116. The molecule has 0 bridgehead atoms. The number of nitrogens with one attached hydrogen (secondary N) is 1. The lowest BCUT2D eigenvalue weighted by atomic mass is 10.1. The first kappa shape index (κ1) is 22.5. The zero-order chi connectivity index (χ0) is 24.4. The monoisotopic (exact) mass is 481 g/mol. The molecule has 5 aromatic rings. The number of nitrogens with zero attached hydrogens (tertiary/aromatic N) is 2. The topological polar surface area (TPSA) is 98.4 Å². The summed E-state index contributed by atoms with van der Waals surface area (Å²) in [5.74, 6) is 5.56. The van der Waals surface area contributed by atoms with Crippen LogP contribution in [-0.2, 0) is 13.1 Å². The van der Waals surface area contributed by atoms with Crippen molar-refractivity contribution >= 4 is 45.1 Å². The van der Waals surface area contributed by atoms with E-state index >= 15 is 0 Å². The Balaban J connectivity index is 1.39. The lowest BCUT2D eigenvalue weighted by molar-refractivity contribution is 0.0951. The van der Waals surface area contributed by atoms with Crippen LogP contribution < -0.4 is 16.9 Å². The molecule has 0 aliphatic carbocycles. The van der Waals surface area contributed by atoms with Crippen molar-refractivity contribution in [1.29, 1.82) is 0 Å². The van der Waals surface area contributed by atoms with Gasteiger partial charge in [0.05, 0.1) is 0 Å². The van der Waals surface area contributed by atoms with Crippen LogP contribution in [0.4, 0.5) is 0 Å². The molecule has 0 aliphatic rings. The molecule has 0 spiro atoms. The second kappa shape index (κ2) is 9.52. The summed E-state index contributed by atoms with van der Waals surface area (Å²) in [4.78, 5) is 12.6. The zero-order valence-corrected chi connectivity index (χ0v) is 19.7. The molecule has 35 heavy (non-hydrogen) atoms. The van der Waals surface area contributed by atoms with Crippen molar-refractivity contribution in [2.24, 2.45) is 16.7 Å². The maximum atomic E-state index is 12.6. The number of carbonyl (C=O) groups is 1. The number of rotatable bonds is 6. The van der Waals surface area contributed by atoms with Crippen LogP contribution in [0.3, 0.4) is 0 Å². The number of halogens is 1. The van der Waals surface area contributed by atoms with Crippen LogP contribution in [0, 0.1) is 0 Å². The molecule has 0 saturated carbocycles. The summed E-state index contributed by atoms with van der Waals surface area (Å²) < 4.78 is 2.26. The van der Waals surface area contributed by atoms with Gasteiger partial charge in [-0.25, -0.2) is 0 Å². The van der Waals surface area contributed by atoms with Gasteiger partial charge < -0.3 is 21.5 Å². The molecular weight excluding hydrogens is 458 g/mol. The highest BCUT2D eigenvalue weighted by Gasteiger charge is 2.13. The number of benzene rings is 4. The summed E-state index contributed by atoms with van der Waals surface area (Å²) in [6.07, 6.45) is 0. The highest BCUT2D eigenvalue weighted by molar-refractivity contribution is 6.30. The molecule has 0 fully saturated rings. The first-order valence-corrected chi connectivity index (χ1v) is 11.6. The van der Waals surface area contributed by atoms with E-state index < -0.39 is 0 Å². The third-order valence-electron chi connectivity index (χ3n) is 6.13. The average Bonchev–Trinajstić information content (AvgIpc) is 3.21. The van der Waals surface area contributed by atoms with Crippen molar-refractivity contribution in [2.45, 2.75) is 13.1 Å². The summed E-state index contributed by atoms with van der Waals surface area (Å²) in [6.45, 7) is 1.11. The normalized spacial score (nSPS) is 11.7. The van der Waals surface area contributed by atoms with E-state index in [0.29, 0.717) is 29.5 Å². The first-order chi connectivity index (χ1) is 17.0. The minimum atomic E-state index is -0.116. The number of hydrogen-bond donors (Lipinski definition) is 3. The molecular formula is C28H24ClN5O. The molecule has 5 N–H and O–H groups in total. The van der Waals surface area contributed by atoms with E-state index in [1.165, 1.54) is 0 Å². The maximum Gasteiger partial charge on any atom is 0.251 e. The van der Waals surface area contributed by atoms with E-state index in [-0.39, 0.29) is 5.91 Å². The molecule has 0 saturated heterocycles. The Hall–Kier alpha value is -4.29. The van der Waals surface area contributed by atoms with Crippen LogP contribution in [0.5, 0.6) is 0 Å². The minimum Gasteiger partial charge on any atom is -0.382 e. The van der Waals surface area contributed by atoms with Gasteiger partial charge >= 0.3 is 0 Å². The number of hydrogen-bond acceptors (Lipinski definition) is 3. The molecule has 0 radical (unpaired) electrons. The fraction of sp³-hybridized carbons (Fsp3) is 0.0714. The Morgan fingerprint density at radius 1 is 0.829 bits per heavy atom. The summed E-state index contributed by atoms with van der Waals surface area (Å²) in [5.41, 5.74) is 11.6. The van der Waals surface area contributed by atoms with Crippen LogP contribution >= 0.6 is 11.6 Å². The average molecular weight is 482 g/mol. The van der Waals surface area contributed by atoms with Crippen LogP contribution in [0.25, 0.3) is 21.8 Å². The third kappa shape index (κ3) is 4.56. The van der Waals surface area contributed by atoms with Gasteiger partial charge in [0, 0.05) is 51.0 Å². The van der Waals surface area contributed by atoms with E-state index in [1.807, 2.05) is 78.9 Å². The van der Waals surface area contributed by atoms with Gasteiger partial charge in [-0.3, -0.25) is 4.79 Å². The fourth-order valence-electron chi connectivity index (χ4n) is 4.29. The molecule has 1 aromatic heterocycles. The van der Waals surface area contributed by atoms with E-state index in [4.69, 9.17) is 23.2 Å². The van der Waals surface area contributed by atoms with Crippen LogP contribution in [-0.4, -0.2) is 16.3 Å².